The van der Waals surface area contributed by atoms with Crippen LogP contribution >= 0.6 is 45.3 Å². The van der Waals surface area contributed by atoms with E-state index in [1.165, 1.54) is 57.7 Å². The first-order valence-electron chi connectivity index (χ1n) is 19.9. The molecule has 9 aromatic rings. The Morgan fingerprint density at radius 2 is 0.658 bits per heavy atom. The van der Waals surface area contributed by atoms with Gasteiger partial charge < -0.3 is 32.6 Å². The summed E-state index contributed by atoms with van der Waals surface area (Å²) in [6.07, 6.45) is -14.3. The Labute approximate surface area is 431 Å². The second kappa shape index (κ2) is 21.3. The summed E-state index contributed by atoms with van der Waals surface area (Å²) in [7, 11) is -13.9. The molecular formula is C43H22BF15O11S6. The lowest BCUT2D eigenvalue weighted by Crippen LogP contribution is -2.29. The minimum Gasteiger partial charge on any atom is -0.423 e. The first-order chi connectivity index (χ1) is 35.1. The number of halogens is 15. The van der Waals surface area contributed by atoms with Gasteiger partial charge in [0.05, 0.1) is 9.40 Å². The average Bonchev–Trinajstić information content (AvgIpc) is 4.14. The van der Waals surface area contributed by atoms with Crippen molar-refractivity contribution in [1.82, 2.24) is 0 Å². The fourth-order valence-electron chi connectivity index (χ4n) is 6.76. The lowest BCUT2D eigenvalue weighted by atomic mass is 9.80. The van der Waals surface area contributed by atoms with E-state index in [4.69, 9.17) is 10.0 Å². The maximum absolute atomic E-state index is 12.7. The van der Waals surface area contributed by atoms with Crippen LogP contribution in [0.1, 0.15) is 0 Å². The highest BCUT2D eigenvalue weighted by atomic mass is 32.2. The fraction of sp³-hybridized carbons (Fsp3) is 0.116. The molecule has 0 bridgehead atoms. The van der Waals surface area contributed by atoms with Crippen LogP contribution in [-0.2, 0) is 20.2 Å². The maximum atomic E-state index is 12.7. The molecule has 76 heavy (non-hydrogen) atoms. The molecule has 2 N–H and O–H groups in total. The predicted molar refractivity (Wildman–Crippen MR) is 253 cm³/mol. The molecule has 33 heteroatoms. The van der Waals surface area contributed by atoms with Gasteiger partial charge in [-0.3, -0.25) is 0 Å². The monoisotopic (exact) mass is 1200 g/mol. The number of ether oxygens (including phenoxy) is 3. The van der Waals surface area contributed by atoms with E-state index in [2.05, 4.69) is 22.6 Å². The van der Waals surface area contributed by atoms with Crippen LogP contribution in [-0.4, -0.2) is 64.1 Å². The van der Waals surface area contributed by atoms with Gasteiger partial charge in [0, 0.05) is 42.1 Å². The fourth-order valence-corrected chi connectivity index (χ4v) is 11.6. The highest BCUT2D eigenvalue weighted by Gasteiger charge is 2.51. The van der Waals surface area contributed by atoms with Crippen LogP contribution in [0.5, 0.6) is 28.7 Å². The van der Waals surface area contributed by atoms with Crippen molar-refractivity contribution in [1.29, 1.82) is 0 Å². The largest absolute Gasteiger partial charge is 0.573 e. The van der Waals surface area contributed by atoms with Crippen LogP contribution in [0.2, 0.25) is 0 Å². The molecule has 4 heterocycles. The molecule has 0 atom stereocenters. The molecule has 0 aliphatic rings. The molecule has 0 radical (unpaired) electrons. The molecule has 0 fully saturated rings. The Balaban J connectivity index is 0.000000180. The van der Waals surface area contributed by atoms with E-state index in [0.29, 0.717) is 22.7 Å². The molecule has 0 saturated carbocycles. The number of alkyl halides is 15. The Hall–Kier alpha value is -6.23. The van der Waals surface area contributed by atoms with Gasteiger partial charge in [0.1, 0.15) is 17.2 Å². The summed E-state index contributed by atoms with van der Waals surface area (Å²) in [5, 5.41) is 24.5. The molecule has 0 amide bonds. The molecule has 4 aromatic heterocycles. The minimum absolute atomic E-state index is 0.0968. The molecule has 0 unspecified atom stereocenters. The third-order valence-electron chi connectivity index (χ3n) is 9.67. The van der Waals surface area contributed by atoms with Crippen molar-refractivity contribution in [3.05, 3.63) is 119 Å². The number of rotatable bonds is 10. The minimum atomic E-state index is -6.09. The van der Waals surface area contributed by atoms with Crippen molar-refractivity contribution >= 4 is 119 Å². The van der Waals surface area contributed by atoms with Crippen LogP contribution in [0.15, 0.2) is 119 Å². The standard InChI is InChI=1S/C24H12F6O2S2.C12H4F6O6S4.C7H6BF3O3/c25-23(26,27)31-15-5-1-13(2-6-15)19-17-9-11-34-22(17)20(18-10-12-33-21(18)19)14-3-7-16(8-4-14)32-24(28,29)30;13-11(14,15)27(19,20)23-7-5-1-3-25-9(5)8(6-2-4-26-10(6)7)24-28(21,22)12(16,17)18;9-7(10,11)14-6-3-1-5(2-4-6)8(12)13/h1-12H;1-4H;1-4,12-13H. The molecule has 0 aliphatic heterocycles. The zero-order valence-electron chi connectivity index (χ0n) is 36.3. The van der Waals surface area contributed by atoms with Gasteiger partial charge in [-0.25, -0.2) is 0 Å². The van der Waals surface area contributed by atoms with Gasteiger partial charge in [-0.2, -0.15) is 43.2 Å². The zero-order chi connectivity index (χ0) is 56.0. The first kappa shape index (κ1) is 57.5. The van der Waals surface area contributed by atoms with Gasteiger partial charge in [0.15, 0.2) is 11.5 Å². The van der Waals surface area contributed by atoms with Gasteiger partial charge in [0.2, 0.25) is 0 Å². The van der Waals surface area contributed by atoms with Gasteiger partial charge in [0.25, 0.3) is 0 Å². The summed E-state index contributed by atoms with van der Waals surface area (Å²) in [5.74, 6) is -2.61. The van der Waals surface area contributed by atoms with Crippen LogP contribution in [0.4, 0.5) is 65.9 Å². The second-order valence-electron chi connectivity index (χ2n) is 14.7. The smallest absolute Gasteiger partial charge is 0.423 e. The molecule has 0 aliphatic carbocycles. The highest BCUT2D eigenvalue weighted by molar-refractivity contribution is 7.88. The average molecular weight is 1200 g/mol. The van der Waals surface area contributed by atoms with Gasteiger partial charge >= 0.3 is 57.5 Å². The lowest BCUT2D eigenvalue weighted by Gasteiger charge is -2.14. The summed E-state index contributed by atoms with van der Waals surface area (Å²) in [5.41, 5.74) is -8.21. The highest BCUT2D eigenvalue weighted by Crippen LogP contribution is 2.51. The van der Waals surface area contributed by atoms with E-state index in [-0.39, 0.29) is 37.1 Å². The Bertz CT molecular complexity index is 3430. The molecule has 5 aromatic carbocycles. The van der Waals surface area contributed by atoms with E-state index in [9.17, 15) is 82.7 Å². The summed E-state index contributed by atoms with van der Waals surface area (Å²) in [6, 6.07) is 21.7. The van der Waals surface area contributed by atoms with Crippen molar-refractivity contribution in [3.63, 3.8) is 0 Å². The van der Waals surface area contributed by atoms with Gasteiger partial charge in [-0.05, 0) is 98.8 Å². The van der Waals surface area contributed by atoms with Crippen LogP contribution < -0.4 is 28.0 Å². The van der Waals surface area contributed by atoms with Crippen molar-refractivity contribution < 1.29 is 115 Å². The summed E-state index contributed by atoms with van der Waals surface area (Å²) in [6.45, 7) is 0. The van der Waals surface area contributed by atoms with Crippen molar-refractivity contribution in [2.45, 2.75) is 30.1 Å². The SMILES string of the molecule is FC(F)(F)Oc1ccc(-c2c3ccsc3c(-c3ccc(OC(F)(F)F)cc3)c3ccsc23)cc1.O=S(=O)(Oc1c2ccsc2c(OS(=O)(=O)C(F)(F)F)c2ccsc12)C(F)(F)F.OB(O)c1ccc(OC(F)(F)F)cc1. The van der Waals surface area contributed by atoms with E-state index < -0.39 is 74.7 Å². The Kier molecular flexibility index (Phi) is 16.1. The number of benzene rings is 5. The van der Waals surface area contributed by atoms with Crippen LogP contribution in [0, 0.1) is 0 Å². The van der Waals surface area contributed by atoms with E-state index >= 15 is 0 Å². The summed E-state index contributed by atoms with van der Waals surface area (Å²) in [4.78, 5) is 0. The van der Waals surface area contributed by atoms with Crippen molar-refractivity contribution in [2.24, 2.45) is 0 Å². The molecule has 11 nitrogen and oxygen atoms in total. The van der Waals surface area contributed by atoms with Crippen LogP contribution in [0.3, 0.4) is 0 Å². The molecular weight excluding hydrogens is 1180 g/mol. The quantitative estimate of drug-likeness (QED) is 0.0582. The third kappa shape index (κ3) is 13.3. The second-order valence-corrected chi connectivity index (χ2v) is 21.4. The first-order valence-corrected chi connectivity index (χ1v) is 26.2. The number of hydrogen-bond acceptors (Lipinski definition) is 15. The van der Waals surface area contributed by atoms with E-state index in [1.807, 2.05) is 22.9 Å². The molecule has 0 saturated heterocycles. The van der Waals surface area contributed by atoms with Crippen molar-refractivity contribution in [2.75, 3.05) is 0 Å². The Morgan fingerprint density at radius 3 is 0.934 bits per heavy atom. The predicted octanol–water partition coefficient (Wildman–Crippen LogP) is 14.1. The number of fused-ring (bicyclic) bond motifs is 4. The van der Waals surface area contributed by atoms with Gasteiger partial charge in [-0.15, -0.1) is 84.9 Å². The summed E-state index contributed by atoms with van der Waals surface area (Å²) >= 11 is 4.21. The summed E-state index contributed by atoms with van der Waals surface area (Å²) < 4.78 is 253. The van der Waals surface area contributed by atoms with E-state index in [1.54, 1.807) is 24.3 Å². The molecule has 404 valence electrons. The lowest BCUT2D eigenvalue weighted by molar-refractivity contribution is -0.275. The molecule has 0 spiro atoms. The topological polar surface area (TPSA) is 155 Å². The number of thiophene rings is 4. The molecule has 9 rings (SSSR count). The van der Waals surface area contributed by atoms with E-state index in [0.717, 1.165) is 78.8 Å². The Morgan fingerprint density at radius 1 is 0.382 bits per heavy atom. The normalized spacial score (nSPS) is 12.8. The third-order valence-corrected chi connectivity index (χ3v) is 15.3. The number of hydrogen-bond donors (Lipinski definition) is 2. The zero-order valence-corrected chi connectivity index (χ0v) is 41.2. The van der Waals surface area contributed by atoms with Crippen molar-refractivity contribution in [3.8, 4) is 51.0 Å². The maximum Gasteiger partial charge on any atom is 0.573 e. The van der Waals surface area contributed by atoms with Gasteiger partial charge in [-0.1, -0.05) is 36.4 Å². The van der Waals surface area contributed by atoms with Crippen LogP contribution in [0.25, 0.3) is 62.6 Å².